The van der Waals surface area contributed by atoms with E-state index in [1.165, 1.54) is 17.0 Å². The Balaban J connectivity index is 2.09. The second-order valence-electron chi connectivity index (χ2n) is 10.7. The fraction of sp³-hybridized carbons (Fsp3) is 0.333. The molecule has 0 saturated heterocycles. The Labute approximate surface area is 261 Å². The van der Waals surface area contributed by atoms with Gasteiger partial charge in [-0.2, -0.15) is 0 Å². The molecule has 0 bridgehead atoms. The Hall–Kier alpha value is -2.59. The van der Waals surface area contributed by atoms with Gasteiger partial charge in [0.15, 0.2) is 0 Å². The van der Waals surface area contributed by atoms with E-state index in [-0.39, 0.29) is 17.3 Å². The van der Waals surface area contributed by atoms with Crippen molar-refractivity contribution in [3.63, 3.8) is 0 Å². The van der Waals surface area contributed by atoms with E-state index in [1.54, 1.807) is 61.5 Å². The van der Waals surface area contributed by atoms with Crippen LogP contribution in [0.2, 0.25) is 10.0 Å². The van der Waals surface area contributed by atoms with Gasteiger partial charge in [-0.1, -0.05) is 69.8 Å². The van der Waals surface area contributed by atoms with Gasteiger partial charge in [0, 0.05) is 26.6 Å². The standard InChI is InChI=1S/C30H34BrCl2N3O4S/c1-6-27(29(38)34-30(3,4)5)35(18-21-9-12-23(32)17-26(21)33)28(37)19-36(24-13-10-22(31)11-14-24)41(39,40)25-15-7-20(2)8-16-25/h7-17,27H,6,18-19H2,1-5H3,(H,34,38). The molecule has 1 unspecified atom stereocenters. The van der Waals surface area contributed by atoms with Crippen molar-refractivity contribution in [3.05, 3.63) is 92.4 Å². The number of rotatable bonds is 10. The molecule has 3 aromatic rings. The number of carbonyl (C=O) groups excluding carboxylic acids is 2. The summed E-state index contributed by atoms with van der Waals surface area (Å²) in [6, 6.07) is 17.1. The van der Waals surface area contributed by atoms with Crippen molar-refractivity contribution in [1.29, 1.82) is 0 Å². The highest BCUT2D eigenvalue weighted by atomic mass is 79.9. The summed E-state index contributed by atoms with van der Waals surface area (Å²) < 4.78 is 29.7. The molecule has 0 saturated carbocycles. The number of nitrogens with one attached hydrogen (secondary N) is 1. The molecule has 7 nitrogen and oxygen atoms in total. The average molecular weight is 683 g/mol. The van der Waals surface area contributed by atoms with E-state index in [1.807, 2.05) is 27.7 Å². The monoisotopic (exact) mass is 681 g/mol. The quantitative estimate of drug-likeness (QED) is 0.250. The summed E-state index contributed by atoms with van der Waals surface area (Å²) in [7, 11) is -4.15. The number of hydrogen-bond donors (Lipinski definition) is 1. The van der Waals surface area contributed by atoms with Gasteiger partial charge in [0.25, 0.3) is 10.0 Å². The molecule has 0 aliphatic rings. The first-order valence-corrected chi connectivity index (χ1v) is 16.0. The van der Waals surface area contributed by atoms with Crippen molar-refractivity contribution >= 4 is 66.7 Å². The van der Waals surface area contributed by atoms with Crippen LogP contribution in [-0.2, 0) is 26.2 Å². The van der Waals surface area contributed by atoms with E-state index in [9.17, 15) is 18.0 Å². The van der Waals surface area contributed by atoms with Crippen molar-refractivity contribution < 1.29 is 18.0 Å². The van der Waals surface area contributed by atoms with Crippen molar-refractivity contribution in [3.8, 4) is 0 Å². The first-order valence-electron chi connectivity index (χ1n) is 13.0. The third kappa shape index (κ3) is 8.70. The van der Waals surface area contributed by atoms with Gasteiger partial charge in [0.2, 0.25) is 11.8 Å². The predicted molar refractivity (Wildman–Crippen MR) is 169 cm³/mol. The van der Waals surface area contributed by atoms with Crippen molar-refractivity contribution in [1.82, 2.24) is 10.2 Å². The number of hydrogen-bond acceptors (Lipinski definition) is 4. The summed E-state index contributed by atoms with van der Waals surface area (Å²) in [6.07, 6.45) is 0.294. The molecule has 41 heavy (non-hydrogen) atoms. The van der Waals surface area contributed by atoms with E-state index in [2.05, 4.69) is 21.2 Å². The van der Waals surface area contributed by atoms with Crippen LogP contribution >= 0.6 is 39.1 Å². The van der Waals surface area contributed by atoms with E-state index in [4.69, 9.17) is 23.2 Å². The van der Waals surface area contributed by atoms with Gasteiger partial charge in [0.05, 0.1) is 10.6 Å². The number of amides is 2. The SMILES string of the molecule is CCC(C(=O)NC(C)(C)C)N(Cc1ccc(Cl)cc1Cl)C(=O)CN(c1ccc(Br)cc1)S(=O)(=O)c1ccc(C)cc1. The van der Waals surface area contributed by atoms with E-state index >= 15 is 0 Å². The Bertz CT molecular complexity index is 1490. The molecule has 11 heteroatoms. The first-order chi connectivity index (χ1) is 19.1. The summed E-state index contributed by atoms with van der Waals surface area (Å²) in [5.74, 6) is -0.916. The van der Waals surface area contributed by atoms with Crippen molar-refractivity contribution in [2.75, 3.05) is 10.8 Å². The van der Waals surface area contributed by atoms with E-state index in [0.717, 1.165) is 14.3 Å². The molecule has 0 aromatic heterocycles. The molecular formula is C30H34BrCl2N3O4S. The smallest absolute Gasteiger partial charge is 0.264 e. The lowest BCUT2D eigenvalue weighted by Gasteiger charge is -2.35. The maximum atomic E-state index is 14.1. The fourth-order valence-corrected chi connectivity index (χ4v) is 6.33. The minimum atomic E-state index is -4.15. The summed E-state index contributed by atoms with van der Waals surface area (Å²) in [4.78, 5) is 29.0. The molecule has 3 aromatic carbocycles. The zero-order chi connectivity index (χ0) is 30.5. The lowest BCUT2D eigenvalue weighted by molar-refractivity contribution is -0.141. The van der Waals surface area contributed by atoms with Crippen LogP contribution in [0.1, 0.15) is 45.2 Å². The Morgan fingerprint density at radius 2 is 1.59 bits per heavy atom. The number of carbonyl (C=O) groups is 2. The molecule has 0 spiro atoms. The van der Waals surface area contributed by atoms with Gasteiger partial charge < -0.3 is 10.2 Å². The number of anilines is 1. The number of halogens is 3. The molecule has 0 heterocycles. The maximum Gasteiger partial charge on any atom is 0.264 e. The molecule has 3 rings (SSSR count). The van der Waals surface area contributed by atoms with E-state index < -0.39 is 34.1 Å². The van der Waals surface area contributed by atoms with Crippen LogP contribution in [0.3, 0.4) is 0 Å². The lowest BCUT2D eigenvalue weighted by atomic mass is 10.1. The Kier molecular flexibility index (Phi) is 10.9. The number of aryl methyl sites for hydroxylation is 1. The molecular weight excluding hydrogens is 649 g/mol. The number of sulfonamides is 1. The minimum absolute atomic E-state index is 0.0241. The van der Waals surface area contributed by atoms with Crippen LogP contribution in [0.15, 0.2) is 76.1 Å². The van der Waals surface area contributed by atoms with Gasteiger partial charge in [0.1, 0.15) is 12.6 Å². The van der Waals surface area contributed by atoms with Crippen LogP contribution in [0, 0.1) is 6.92 Å². The van der Waals surface area contributed by atoms with Gasteiger partial charge in [-0.3, -0.25) is 13.9 Å². The normalized spacial score (nSPS) is 12.5. The van der Waals surface area contributed by atoms with Crippen LogP contribution in [-0.4, -0.2) is 43.3 Å². The molecule has 1 N–H and O–H groups in total. The molecule has 0 radical (unpaired) electrons. The minimum Gasteiger partial charge on any atom is -0.350 e. The van der Waals surface area contributed by atoms with Crippen LogP contribution in [0.5, 0.6) is 0 Å². The zero-order valence-electron chi connectivity index (χ0n) is 23.6. The second-order valence-corrected chi connectivity index (χ2v) is 14.3. The molecule has 220 valence electrons. The Morgan fingerprint density at radius 1 is 0.976 bits per heavy atom. The zero-order valence-corrected chi connectivity index (χ0v) is 27.5. The Morgan fingerprint density at radius 3 is 2.12 bits per heavy atom. The fourth-order valence-electron chi connectivity index (χ4n) is 4.18. The molecule has 0 aliphatic heterocycles. The topological polar surface area (TPSA) is 86.8 Å². The number of benzene rings is 3. The first kappa shape index (κ1) is 32.9. The predicted octanol–water partition coefficient (Wildman–Crippen LogP) is 6.98. The largest absolute Gasteiger partial charge is 0.350 e. The maximum absolute atomic E-state index is 14.1. The van der Waals surface area contributed by atoms with Gasteiger partial charge in [-0.05, 0) is 88.2 Å². The van der Waals surface area contributed by atoms with E-state index in [0.29, 0.717) is 27.7 Å². The number of nitrogens with zero attached hydrogens (tertiary/aromatic N) is 2. The van der Waals surface area contributed by atoms with Crippen molar-refractivity contribution in [2.45, 2.75) is 64.1 Å². The lowest BCUT2D eigenvalue weighted by Crippen LogP contribution is -2.55. The van der Waals surface area contributed by atoms with Crippen molar-refractivity contribution in [2.24, 2.45) is 0 Å². The molecule has 0 fully saturated rings. The third-order valence-electron chi connectivity index (χ3n) is 6.24. The summed E-state index contributed by atoms with van der Waals surface area (Å²) in [6.45, 7) is 8.65. The van der Waals surface area contributed by atoms with Gasteiger partial charge in [-0.15, -0.1) is 0 Å². The van der Waals surface area contributed by atoms with Gasteiger partial charge in [-0.25, -0.2) is 8.42 Å². The highest BCUT2D eigenvalue weighted by molar-refractivity contribution is 9.10. The summed E-state index contributed by atoms with van der Waals surface area (Å²) in [5, 5.41) is 3.71. The van der Waals surface area contributed by atoms with Gasteiger partial charge >= 0.3 is 0 Å². The molecule has 1 atom stereocenters. The highest BCUT2D eigenvalue weighted by Gasteiger charge is 2.35. The average Bonchev–Trinajstić information content (AvgIpc) is 2.88. The highest BCUT2D eigenvalue weighted by Crippen LogP contribution is 2.28. The van der Waals surface area contributed by atoms with Crippen LogP contribution < -0.4 is 9.62 Å². The van der Waals surface area contributed by atoms with Crippen LogP contribution in [0.25, 0.3) is 0 Å². The third-order valence-corrected chi connectivity index (χ3v) is 9.15. The molecule has 0 aliphatic carbocycles. The summed E-state index contributed by atoms with van der Waals surface area (Å²) >= 11 is 15.9. The van der Waals surface area contributed by atoms with Crippen LogP contribution in [0.4, 0.5) is 5.69 Å². The molecule has 2 amide bonds. The summed E-state index contributed by atoms with van der Waals surface area (Å²) in [5.41, 5.74) is 1.23. The second kappa shape index (κ2) is 13.6.